The van der Waals surface area contributed by atoms with Crippen LogP contribution < -0.4 is 5.32 Å². The highest BCUT2D eigenvalue weighted by Gasteiger charge is 2.25. The summed E-state index contributed by atoms with van der Waals surface area (Å²) in [6.45, 7) is 0. The molecule has 0 radical (unpaired) electrons. The Kier molecular flexibility index (Phi) is 3.82. The number of rotatable bonds is 2. The molecule has 0 aromatic rings. The lowest BCUT2D eigenvalue weighted by molar-refractivity contribution is 0.114. The van der Waals surface area contributed by atoms with Gasteiger partial charge in [0, 0.05) is 12.1 Å². The van der Waals surface area contributed by atoms with Crippen LogP contribution in [-0.4, -0.2) is 23.3 Å². The fraction of sp³-hybridized carbons (Fsp3) is 1.00. The second-order valence-corrected chi connectivity index (χ2v) is 4.96. The summed E-state index contributed by atoms with van der Waals surface area (Å²) >= 11 is 0. The van der Waals surface area contributed by atoms with Gasteiger partial charge in [0.05, 0.1) is 6.10 Å². The van der Waals surface area contributed by atoms with Gasteiger partial charge in [-0.15, -0.1) is 0 Å². The van der Waals surface area contributed by atoms with Crippen molar-refractivity contribution in [1.82, 2.24) is 5.32 Å². The van der Waals surface area contributed by atoms with E-state index in [1.807, 2.05) is 0 Å². The van der Waals surface area contributed by atoms with Gasteiger partial charge in [-0.1, -0.05) is 32.1 Å². The van der Waals surface area contributed by atoms with Gasteiger partial charge in [-0.3, -0.25) is 0 Å². The maximum atomic E-state index is 9.95. The molecule has 0 aromatic heterocycles. The molecule has 0 amide bonds. The second-order valence-electron chi connectivity index (χ2n) is 4.96. The molecule has 2 heteroatoms. The van der Waals surface area contributed by atoms with E-state index in [9.17, 15) is 5.11 Å². The topological polar surface area (TPSA) is 32.3 Å². The zero-order valence-corrected chi connectivity index (χ0v) is 9.04. The summed E-state index contributed by atoms with van der Waals surface area (Å²) in [6.07, 6.45) is 11.3. The van der Waals surface area contributed by atoms with E-state index in [1.54, 1.807) is 0 Å². The predicted molar refractivity (Wildman–Crippen MR) is 58.3 cm³/mol. The van der Waals surface area contributed by atoms with E-state index < -0.39 is 0 Å². The molecule has 0 aromatic carbocycles. The maximum absolute atomic E-state index is 9.95. The van der Waals surface area contributed by atoms with Gasteiger partial charge >= 0.3 is 0 Å². The van der Waals surface area contributed by atoms with Crippen molar-refractivity contribution in [2.75, 3.05) is 0 Å². The summed E-state index contributed by atoms with van der Waals surface area (Å²) in [5.74, 6) is 0. The van der Waals surface area contributed by atoms with Crippen LogP contribution in [0.4, 0.5) is 0 Å². The Morgan fingerprint density at radius 2 is 1.43 bits per heavy atom. The van der Waals surface area contributed by atoms with Gasteiger partial charge in [0.25, 0.3) is 0 Å². The Balaban J connectivity index is 1.81. The van der Waals surface area contributed by atoms with Crippen LogP contribution >= 0.6 is 0 Å². The quantitative estimate of drug-likeness (QED) is 0.665. The van der Waals surface area contributed by atoms with E-state index in [2.05, 4.69) is 5.32 Å². The Morgan fingerprint density at radius 1 is 0.786 bits per heavy atom. The SMILES string of the molecule is O[C@@H]1CCCCC[C@H]1NC1CCCC1. The lowest BCUT2D eigenvalue weighted by atomic mass is 10.0. The van der Waals surface area contributed by atoms with Gasteiger partial charge in [-0.25, -0.2) is 0 Å². The third-order valence-corrected chi connectivity index (χ3v) is 3.78. The Morgan fingerprint density at radius 3 is 2.21 bits per heavy atom. The minimum atomic E-state index is -0.0851. The second kappa shape index (κ2) is 5.13. The number of aliphatic hydroxyl groups excluding tert-OH is 1. The minimum absolute atomic E-state index is 0.0851. The molecule has 2 saturated carbocycles. The first-order chi connectivity index (χ1) is 6.86. The largest absolute Gasteiger partial charge is 0.392 e. The molecule has 2 nitrogen and oxygen atoms in total. The zero-order chi connectivity index (χ0) is 9.80. The van der Waals surface area contributed by atoms with Crippen LogP contribution in [0.2, 0.25) is 0 Å². The first kappa shape index (κ1) is 10.4. The average Bonchev–Trinajstić information content (AvgIpc) is 2.60. The first-order valence-electron chi connectivity index (χ1n) is 6.30. The lowest BCUT2D eigenvalue weighted by Crippen LogP contribution is -2.43. The summed E-state index contributed by atoms with van der Waals surface area (Å²) < 4.78 is 0. The van der Waals surface area contributed by atoms with Crippen molar-refractivity contribution in [1.29, 1.82) is 0 Å². The molecule has 14 heavy (non-hydrogen) atoms. The third-order valence-electron chi connectivity index (χ3n) is 3.78. The average molecular weight is 197 g/mol. The molecule has 0 heterocycles. The molecule has 2 N–H and O–H groups in total. The standard InChI is InChI=1S/C12H23NO/c14-12-9-3-1-2-8-11(12)13-10-6-4-5-7-10/h10-14H,1-9H2/t11-,12-/m1/s1. The minimum Gasteiger partial charge on any atom is -0.392 e. The molecule has 0 bridgehead atoms. The van der Waals surface area contributed by atoms with Crippen LogP contribution in [0.5, 0.6) is 0 Å². The van der Waals surface area contributed by atoms with Gasteiger partial charge in [-0.2, -0.15) is 0 Å². The van der Waals surface area contributed by atoms with Gasteiger partial charge in [-0.05, 0) is 25.7 Å². The van der Waals surface area contributed by atoms with Crippen LogP contribution in [0, 0.1) is 0 Å². The number of aliphatic hydroxyl groups is 1. The smallest absolute Gasteiger partial charge is 0.0693 e. The Bertz CT molecular complexity index is 166. The van der Waals surface area contributed by atoms with E-state index in [1.165, 1.54) is 51.4 Å². The third kappa shape index (κ3) is 2.71. The normalized spacial score (nSPS) is 35.8. The van der Waals surface area contributed by atoms with E-state index in [0.29, 0.717) is 12.1 Å². The molecule has 82 valence electrons. The van der Waals surface area contributed by atoms with Crippen LogP contribution in [0.15, 0.2) is 0 Å². The maximum Gasteiger partial charge on any atom is 0.0693 e. The molecule has 2 aliphatic carbocycles. The van der Waals surface area contributed by atoms with Crippen molar-refractivity contribution in [3.8, 4) is 0 Å². The lowest BCUT2D eigenvalue weighted by Gasteiger charge is -2.25. The fourth-order valence-corrected chi connectivity index (χ4v) is 2.88. The molecule has 0 aliphatic heterocycles. The van der Waals surface area contributed by atoms with Gasteiger partial charge in [0.1, 0.15) is 0 Å². The number of nitrogens with one attached hydrogen (secondary N) is 1. The molecule has 2 atom stereocenters. The van der Waals surface area contributed by atoms with Crippen molar-refractivity contribution in [2.24, 2.45) is 0 Å². The molecule has 0 spiro atoms. The molecular formula is C12H23NO. The van der Waals surface area contributed by atoms with Crippen LogP contribution in [0.3, 0.4) is 0 Å². The molecular weight excluding hydrogens is 174 g/mol. The Hall–Kier alpha value is -0.0800. The molecule has 0 saturated heterocycles. The molecule has 0 unspecified atom stereocenters. The highest BCUT2D eigenvalue weighted by atomic mass is 16.3. The van der Waals surface area contributed by atoms with Crippen molar-refractivity contribution < 1.29 is 5.11 Å². The van der Waals surface area contributed by atoms with E-state index in [0.717, 1.165) is 6.42 Å². The molecule has 2 aliphatic rings. The summed E-state index contributed by atoms with van der Waals surface area (Å²) in [7, 11) is 0. The zero-order valence-electron chi connectivity index (χ0n) is 9.04. The summed E-state index contributed by atoms with van der Waals surface area (Å²) in [5, 5.41) is 13.6. The van der Waals surface area contributed by atoms with Crippen LogP contribution in [0.1, 0.15) is 57.8 Å². The monoisotopic (exact) mass is 197 g/mol. The molecule has 2 rings (SSSR count). The highest BCUT2D eigenvalue weighted by molar-refractivity contribution is 4.84. The highest BCUT2D eigenvalue weighted by Crippen LogP contribution is 2.23. The van der Waals surface area contributed by atoms with E-state index in [-0.39, 0.29) is 6.10 Å². The van der Waals surface area contributed by atoms with Gasteiger partial charge < -0.3 is 10.4 Å². The van der Waals surface area contributed by atoms with E-state index in [4.69, 9.17) is 0 Å². The van der Waals surface area contributed by atoms with Crippen molar-refractivity contribution in [2.45, 2.75) is 76.0 Å². The van der Waals surface area contributed by atoms with Crippen molar-refractivity contribution >= 4 is 0 Å². The predicted octanol–water partition coefficient (Wildman–Crippen LogP) is 2.21. The van der Waals surface area contributed by atoms with Crippen molar-refractivity contribution in [3.63, 3.8) is 0 Å². The number of hydrogen-bond donors (Lipinski definition) is 2. The molecule has 2 fully saturated rings. The summed E-state index contributed by atoms with van der Waals surface area (Å²) in [5.41, 5.74) is 0. The van der Waals surface area contributed by atoms with Gasteiger partial charge in [0.2, 0.25) is 0 Å². The van der Waals surface area contributed by atoms with Crippen LogP contribution in [-0.2, 0) is 0 Å². The van der Waals surface area contributed by atoms with Gasteiger partial charge in [0.15, 0.2) is 0 Å². The Labute approximate surface area is 87.1 Å². The first-order valence-corrected chi connectivity index (χ1v) is 6.30. The fourth-order valence-electron chi connectivity index (χ4n) is 2.88. The summed E-state index contributed by atoms with van der Waals surface area (Å²) in [6, 6.07) is 1.09. The number of hydrogen-bond acceptors (Lipinski definition) is 2. The van der Waals surface area contributed by atoms with E-state index >= 15 is 0 Å². The van der Waals surface area contributed by atoms with Crippen LogP contribution in [0.25, 0.3) is 0 Å². The van der Waals surface area contributed by atoms with Crippen molar-refractivity contribution in [3.05, 3.63) is 0 Å². The summed E-state index contributed by atoms with van der Waals surface area (Å²) in [4.78, 5) is 0.